The maximum Gasteiger partial charge on any atom is 0.0607 e. The van der Waals surface area contributed by atoms with Crippen molar-refractivity contribution in [1.82, 2.24) is 15.2 Å². The molecular weight excluding hydrogens is 210 g/mol. The first-order valence-electron chi connectivity index (χ1n) is 6.84. The zero-order chi connectivity index (χ0) is 11.5. The lowest BCUT2D eigenvalue weighted by molar-refractivity contribution is 0.186. The molecule has 92 valence electrons. The van der Waals surface area contributed by atoms with Crippen LogP contribution in [0.3, 0.4) is 0 Å². The summed E-state index contributed by atoms with van der Waals surface area (Å²) < 4.78 is 0. The van der Waals surface area contributed by atoms with Gasteiger partial charge in [0.1, 0.15) is 0 Å². The van der Waals surface area contributed by atoms with Crippen LogP contribution < -0.4 is 5.32 Å². The van der Waals surface area contributed by atoms with Crippen molar-refractivity contribution in [3.63, 3.8) is 0 Å². The number of nitrogens with zero attached hydrogens (tertiary/aromatic N) is 2. The summed E-state index contributed by atoms with van der Waals surface area (Å²) in [6.45, 7) is 4.67. The number of fused-ring (bicyclic) bond motifs is 1. The normalized spacial score (nSPS) is 26.2. The van der Waals surface area contributed by atoms with Crippen molar-refractivity contribution >= 4 is 0 Å². The Morgan fingerprint density at radius 1 is 1.24 bits per heavy atom. The maximum atomic E-state index is 4.64. The molecule has 0 amide bonds. The largest absolute Gasteiger partial charge is 0.315 e. The Kier molecular flexibility index (Phi) is 3.39. The van der Waals surface area contributed by atoms with E-state index in [4.69, 9.17) is 0 Å². The van der Waals surface area contributed by atoms with Crippen molar-refractivity contribution in [2.24, 2.45) is 0 Å². The second kappa shape index (κ2) is 5.15. The highest BCUT2D eigenvalue weighted by Gasteiger charge is 2.27. The van der Waals surface area contributed by atoms with Gasteiger partial charge in [-0.05, 0) is 43.9 Å². The second-order valence-corrected chi connectivity index (χ2v) is 5.10. The van der Waals surface area contributed by atoms with Crippen LogP contribution >= 0.6 is 0 Å². The molecule has 1 saturated heterocycles. The molecule has 1 aromatic rings. The summed E-state index contributed by atoms with van der Waals surface area (Å²) in [6.07, 6.45) is 7.02. The van der Waals surface area contributed by atoms with Gasteiger partial charge >= 0.3 is 0 Å². The van der Waals surface area contributed by atoms with Gasteiger partial charge in [0.05, 0.1) is 11.7 Å². The van der Waals surface area contributed by atoms with Gasteiger partial charge < -0.3 is 5.32 Å². The number of hydrogen-bond donors (Lipinski definition) is 1. The highest BCUT2D eigenvalue weighted by atomic mass is 15.2. The standard InChI is InChI=1S/C14H21N3/c1-4-12-5-2-8-16-14(12)13(6-1)17-10-3-7-15-9-11-17/h2,5,8,13,15H,1,3-4,6-7,9-11H2. The van der Waals surface area contributed by atoms with Gasteiger partial charge in [-0.1, -0.05) is 6.07 Å². The van der Waals surface area contributed by atoms with Crippen molar-refractivity contribution < 1.29 is 0 Å². The molecule has 2 heterocycles. The van der Waals surface area contributed by atoms with Crippen LogP contribution in [0.15, 0.2) is 18.3 Å². The van der Waals surface area contributed by atoms with Crippen LogP contribution in [-0.4, -0.2) is 36.1 Å². The Morgan fingerprint density at radius 3 is 3.24 bits per heavy atom. The van der Waals surface area contributed by atoms with E-state index >= 15 is 0 Å². The number of hydrogen-bond acceptors (Lipinski definition) is 3. The van der Waals surface area contributed by atoms with Crippen molar-refractivity contribution in [3.8, 4) is 0 Å². The van der Waals surface area contributed by atoms with Crippen molar-refractivity contribution in [2.75, 3.05) is 26.2 Å². The molecule has 3 nitrogen and oxygen atoms in total. The summed E-state index contributed by atoms with van der Waals surface area (Å²) >= 11 is 0. The van der Waals surface area contributed by atoms with Gasteiger partial charge in [-0.25, -0.2) is 0 Å². The van der Waals surface area contributed by atoms with Gasteiger partial charge in [-0.2, -0.15) is 0 Å². The molecule has 3 rings (SSSR count). The van der Waals surface area contributed by atoms with E-state index < -0.39 is 0 Å². The second-order valence-electron chi connectivity index (χ2n) is 5.10. The Morgan fingerprint density at radius 2 is 2.24 bits per heavy atom. The number of pyridine rings is 1. The Hall–Kier alpha value is -0.930. The lowest BCUT2D eigenvalue weighted by atomic mass is 9.91. The third-order valence-corrected chi connectivity index (χ3v) is 3.98. The minimum absolute atomic E-state index is 0.569. The van der Waals surface area contributed by atoms with E-state index in [0.29, 0.717) is 6.04 Å². The van der Waals surface area contributed by atoms with Crippen molar-refractivity contribution in [2.45, 2.75) is 31.7 Å². The molecular formula is C14H21N3. The predicted molar refractivity (Wildman–Crippen MR) is 69.0 cm³/mol. The molecule has 1 N–H and O–H groups in total. The van der Waals surface area contributed by atoms with Gasteiger partial charge in [0.25, 0.3) is 0 Å². The lowest BCUT2D eigenvalue weighted by Crippen LogP contribution is -2.34. The van der Waals surface area contributed by atoms with E-state index in [2.05, 4.69) is 27.3 Å². The monoisotopic (exact) mass is 231 g/mol. The van der Waals surface area contributed by atoms with Crippen LogP contribution in [0.25, 0.3) is 0 Å². The minimum Gasteiger partial charge on any atom is -0.315 e. The average molecular weight is 231 g/mol. The number of aryl methyl sites for hydroxylation is 1. The molecule has 1 atom stereocenters. The smallest absolute Gasteiger partial charge is 0.0607 e. The lowest BCUT2D eigenvalue weighted by Gasteiger charge is -2.34. The first-order chi connectivity index (χ1) is 8.45. The Labute approximate surface area is 103 Å². The first kappa shape index (κ1) is 11.2. The summed E-state index contributed by atoms with van der Waals surface area (Å²) in [7, 11) is 0. The van der Waals surface area contributed by atoms with Gasteiger partial charge in [-0.3, -0.25) is 9.88 Å². The fourth-order valence-corrected chi connectivity index (χ4v) is 3.12. The SMILES string of the molecule is c1cnc2c(c1)CCCC2N1CCCNCC1. The van der Waals surface area contributed by atoms with Crippen molar-refractivity contribution in [3.05, 3.63) is 29.6 Å². The molecule has 1 fully saturated rings. The summed E-state index contributed by atoms with van der Waals surface area (Å²) in [6, 6.07) is 4.90. The number of aromatic nitrogens is 1. The van der Waals surface area contributed by atoms with E-state index in [1.807, 2.05) is 6.20 Å². The van der Waals surface area contributed by atoms with Crippen LogP contribution in [0, 0.1) is 0 Å². The van der Waals surface area contributed by atoms with E-state index in [9.17, 15) is 0 Å². The average Bonchev–Trinajstić information content (AvgIpc) is 2.67. The zero-order valence-corrected chi connectivity index (χ0v) is 10.4. The van der Waals surface area contributed by atoms with Crippen LogP contribution in [-0.2, 0) is 6.42 Å². The fraction of sp³-hybridized carbons (Fsp3) is 0.643. The van der Waals surface area contributed by atoms with E-state index in [-0.39, 0.29) is 0 Å². The summed E-state index contributed by atoms with van der Waals surface area (Å²) in [5.41, 5.74) is 2.82. The molecule has 0 radical (unpaired) electrons. The minimum atomic E-state index is 0.569. The first-order valence-corrected chi connectivity index (χ1v) is 6.84. The van der Waals surface area contributed by atoms with E-state index in [0.717, 1.165) is 13.1 Å². The fourth-order valence-electron chi connectivity index (χ4n) is 3.12. The molecule has 1 unspecified atom stereocenters. The summed E-state index contributed by atoms with van der Waals surface area (Å²) in [5.74, 6) is 0. The van der Waals surface area contributed by atoms with Crippen LogP contribution in [0.2, 0.25) is 0 Å². The van der Waals surface area contributed by atoms with Gasteiger partial charge in [-0.15, -0.1) is 0 Å². The van der Waals surface area contributed by atoms with E-state index in [1.54, 1.807) is 0 Å². The molecule has 1 aliphatic carbocycles. The predicted octanol–water partition coefficient (Wildman–Crippen LogP) is 1.75. The molecule has 0 saturated carbocycles. The highest BCUT2D eigenvalue weighted by molar-refractivity contribution is 5.25. The van der Waals surface area contributed by atoms with Gasteiger partial charge in [0.2, 0.25) is 0 Å². The molecule has 17 heavy (non-hydrogen) atoms. The Balaban J connectivity index is 1.83. The summed E-state index contributed by atoms with van der Waals surface area (Å²) in [5, 5.41) is 3.48. The number of rotatable bonds is 1. The molecule has 3 heteroatoms. The quantitative estimate of drug-likeness (QED) is 0.798. The van der Waals surface area contributed by atoms with Crippen LogP contribution in [0.5, 0.6) is 0 Å². The highest BCUT2D eigenvalue weighted by Crippen LogP contribution is 2.32. The van der Waals surface area contributed by atoms with Crippen molar-refractivity contribution in [1.29, 1.82) is 0 Å². The molecule has 2 aliphatic rings. The van der Waals surface area contributed by atoms with Gasteiger partial charge in [0, 0.05) is 25.8 Å². The van der Waals surface area contributed by atoms with Gasteiger partial charge in [0.15, 0.2) is 0 Å². The third-order valence-electron chi connectivity index (χ3n) is 3.98. The molecule has 1 aromatic heterocycles. The molecule has 1 aliphatic heterocycles. The Bertz CT molecular complexity index is 369. The number of nitrogens with one attached hydrogen (secondary N) is 1. The zero-order valence-electron chi connectivity index (χ0n) is 10.4. The molecule has 0 spiro atoms. The van der Waals surface area contributed by atoms with E-state index in [1.165, 1.54) is 50.0 Å². The van der Waals surface area contributed by atoms with Crippen LogP contribution in [0.1, 0.15) is 36.6 Å². The molecule has 0 bridgehead atoms. The molecule has 0 aromatic carbocycles. The third kappa shape index (κ3) is 2.35. The summed E-state index contributed by atoms with van der Waals surface area (Å²) in [4.78, 5) is 7.27. The van der Waals surface area contributed by atoms with Crippen LogP contribution in [0.4, 0.5) is 0 Å². The maximum absolute atomic E-state index is 4.64. The topological polar surface area (TPSA) is 28.2 Å².